The Morgan fingerprint density at radius 3 is 2.61 bits per heavy atom. The van der Waals surface area contributed by atoms with Crippen molar-refractivity contribution in [3.63, 3.8) is 0 Å². The zero-order valence-corrected chi connectivity index (χ0v) is 15.6. The lowest BCUT2D eigenvalue weighted by Crippen LogP contribution is -2.41. The molecule has 0 aromatic heterocycles. The minimum absolute atomic E-state index is 0.0361. The van der Waals surface area contributed by atoms with E-state index < -0.39 is 12.6 Å². The number of nitrogens with one attached hydrogen (secondary N) is 1. The maximum atomic E-state index is 12.7. The van der Waals surface area contributed by atoms with Gasteiger partial charge in [0.05, 0.1) is 24.4 Å². The second-order valence-corrected chi connectivity index (χ2v) is 6.45. The van der Waals surface area contributed by atoms with Crippen molar-refractivity contribution in [2.75, 3.05) is 23.4 Å². The van der Waals surface area contributed by atoms with Crippen LogP contribution >= 0.6 is 0 Å². The third-order valence-corrected chi connectivity index (χ3v) is 4.30. The first-order chi connectivity index (χ1) is 13.5. The van der Waals surface area contributed by atoms with Gasteiger partial charge < -0.3 is 19.7 Å². The number of fused-ring (bicyclic) bond motifs is 1. The van der Waals surface area contributed by atoms with Gasteiger partial charge in [-0.15, -0.1) is 0 Å². The molecule has 0 saturated heterocycles. The summed E-state index contributed by atoms with van der Waals surface area (Å²) in [6, 6.07) is 15.8. The van der Waals surface area contributed by atoms with Gasteiger partial charge in [-0.3, -0.25) is 14.4 Å². The van der Waals surface area contributed by atoms with Gasteiger partial charge >= 0.3 is 5.97 Å². The van der Waals surface area contributed by atoms with E-state index in [-0.39, 0.29) is 37.3 Å². The molecular weight excluding hydrogens is 360 g/mol. The van der Waals surface area contributed by atoms with Crippen LogP contribution in [-0.4, -0.2) is 37.0 Å². The van der Waals surface area contributed by atoms with Crippen LogP contribution in [0.2, 0.25) is 0 Å². The molecule has 2 aromatic carbocycles. The van der Waals surface area contributed by atoms with E-state index in [1.165, 1.54) is 4.90 Å². The van der Waals surface area contributed by atoms with Crippen LogP contribution in [-0.2, 0) is 19.1 Å². The molecule has 1 aliphatic rings. The van der Waals surface area contributed by atoms with Crippen LogP contribution in [0, 0.1) is 0 Å². The summed E-state index contributed by atoms with van der Waals surface area (Å²) in [6.07, 6.45) is 0.202. The van der Waals surface area contributed by atoms with Crippen LogP contribution in [0.15, 0.2) is 54.6 Å². The number of ether oxygens (including phenoxy) is 2. The Morgan fingerprint density at radius 2 is 1.82 bits per heavy atom. The van der Waals surface area contributed by atoms with Gasteiger partial charge in [-0.1, -0.05) is 30.3 Å². The number of hydrogen-bond acceptors (Lipinski definition) is 5. The van der Waals surface area contributed by atoms with Gasteiger partial charge in [-0.2, -0.15) is 0 Å². The summed E-state index contributed by atoms with van der Waals surface area (Å²) in [5, 5.41) is 2.79. The van der Waals surface area contributed by atoms with Gasteiger partial charge in [-0.25, -0.2) is 0 Å². The smallest absolute Gasteiger partial charge is 0.309 e. The number of hydrogen-bond donors (Lipinski definition) is 1. The molecule has 0 spiro atoms. The standard InChI is InChI=1S/C21H22N2O5/c1-15-13-19(24)22-17-9-5-6-10-18(17)23(15)20(25)14-28-21(26)11-12-27-16-7-3-2-4-8-16/h2-10,15H,11-14H2,1H3,(H,22,24)/t15-/m1/s1. The fourth-order valence-corrected chi connectivity index (χ4v) is 3.02. The zero-order valence-electron chi connectivity index (χ0n) is 15.6. The predicted molar refractivity (Wildman–Crippen MR) is 104 cm³/mol. The van der Waals surface area contributed by atoms with Gasteiger partial charge in [0.15, 0.2) is 6.61 Å². The lowest BCUT2D eigenvalue weighted by Gasteiger charge is -2.27. The fraction of sp³-hybridized carbons (Fsp3) is 0.286. The molecule has 0 unspecified atom stereocenters. The number of amides is 2. The number of esters is 1. The van der Waals surface area contributed by atoms with E-state index in [9.17, 15) is 14.4 Å². The average molecular weight is 382 g/mol. The molecule has 0 saturated carbocycles. The second kappa shape index (κ2) is 9.03. The SMILES string of the molecule is C[C@@H]1CC(=O)Nc2ccccc2N1C(=O)COC(=O)CCOc1ccccc1. The molecule has 3 rings (SSSR count). The largest absolute Gasteiger partial charge is 0.493 e. The van der Waals surface area contributed by atoms with Crippen molar-refractivity contribution in [2.24, 2.45) is 0 Å². The highest BCUT2D eigenvalue weighted by Crippen LogP contribution is 2.31. The Bertz CT molecular complexity index is 853. The third-order valence-electron chi connectivity index (χ3n) is 4.30. The van der Waals surface area contributed by atoms with Gasteiger partial charge in [0, 0.05) is 12.5 Å². The van der Waals surface area contributed by atoms with E-state index in [2.05, 4.69) is 5.32 Å². The first kappa shape index (κ1) is 19.4. The maximum absolute atomic E-state index is 12.7. The molecular formula is C21H22N2O5. The number of carbonyl (C=O) groups is 3. The topological polar surface area (TPSA) is 84.9 Å². The van der Waals surface area contributed by atoms with Crippen LogP contribution in [0.3, 0.4) is 0 Å². The highest BCUT2D eigenvalue weighted by atomic mass is 16.5. The average Bonchev–Trinajstić information content (AvgIpc) is 2.81. The highest BCUT2D eigenvalue weighted by Gasteiger charge is 2.29. The third kappa shape index (κ3) is 4.88. The van der Waals surface area contributed by atoms with Crippen molar-refractivity contribution in [1.82, 2.24) is 0 Å². The fourth-order valence-electron chi connectivity index (χ4n) is 3.02. The molecule has 7 heteroatoms. The van der Waals surface area contributed by atoms with E-state index in [1.807, 2.05) is 18.2 Å². The summed E-state index contributed by atoms with van der Waals surface area (Å²) in [5.41, 5.74) is 1.15. The zero-order chi connectivity index (χ0) is 19.9. The number of nitrogens with zero attached hydrogens (tertiary/aromatic N) is 1. The molecule has 28 heavy (non-hydrogen) atoms. The Hall–Kier alpha value is -3.35. The molecule has 7 nitrogen and oxygen atoms in total. The molecule has 146 valence electrons. The van der Waals surface area contributed by atoms with Crippen molar-refractivity contribution >= 4 is 29.2 Å². The van der Waals surface area contributed by atoms with Gasteiger partial charge in [0.1, 0.15) is 5.75 Å². The normalized spacial score (nSPS) is 15.8. The first-order valence-electron chi connectivity index (χ1n) is 9.09. The Morgan fingerprint density at radius 1 is 1.11 bits per heavy atom. The van der Waals surface area contributed by atoms with Gasteiger partial charge in [-0.05, 0) is 31.2 Å². The summed E-state index contributed by atoms with van der Waals surface area (Å²) in [6.45, 7) is 1.56. The molecule has 0 fully saturated rings. The monoisotopic (exact) mass is 382 g/mol. The molecule has 1 atom stereocenters. The molecule has 0 radical (unpaired) electrons. The summed E-state index contributed by atoms with van der Waals surface area (Å²) >= 11 is 0. The van der Waals surface area contributed by atoms with E-state index in [4.69, 9.17) is 9.47 Å². The number of anilines is 2. The van der Waals surface area contributed by atoms with E-state index in [0.717, 1.165) is 0 Å². The summed E-state index contributed by atoms with van der Waals surface area (Å²) in [4.78, 5) is 38.1. The minimum Gasteiger partial charge on any atom is -0.493 e. The maximum Gasteiger partial charge on any atom is 0.309 e. The molecule has 2 amide bonds. The van der Waals surface area contributed by atoms with E-state index in [0.29, 0.717) is 17.1 Å². The van der Waals surface area contributed by atoms with Gasteiger partial charge in [0.2, 0.25) is 5.91 Å². The van der Waals surface area contributed by atoms with E-state index in [1.54, 1.807) is 43.3 Å². The number of carbonyl (C=O) groups excluding carboxylic acids is 3. The van der Waals surface area contributed by atoms with Crippen LogP contribution in [0.5, 0.6) is 5.75 Å². The van der Waals surface area contributed by atoms with Gasteiger partial charge in [0.25, 0.3) is 5.91 Å². The summed E-state index contributed by atoms with van der Waals surface area (Å²) < 4.78 is 10.6. The van der Waals surface area contributed by atoms with Crippen molar-refractivity contribution < 1.29 is 23.9 Å². The van der Waals surface area contributed by atoms with Crippen LogP contribution in [0.25, 0.3) is 0 Å². The number of rotatable bonds is 6. The first-order valence-corrected chi connectivity index (χ1v) is 9.09. The highest BCUT2D eigenvalue weighted by molar-refractivity contribution is 6.05. The Balaban J connectivity index is 1.55. The molecule has 1 aliphatic heterocycles. The predicted octanol–water partition coefficient (Wildman–Crippen LogP) is 2.76. The summed E-state index contributed by atoms with van der Waals surface area (Å²) in [5.74, 6) is -0.396. The molecule has 1 N–H and O–H groups in total. The molecule has 0 aliphatic carbocycles. The number of benzene rings is 2. The second-order valence-electron chi connectivity index (χ2n) is 6.45. The van der Waals surface area contributed by atoms with Crippen molar-refractivity contribution in [2.45, 2.75) is 25.8 Å². The molecule has 1 heterocycles. The quantitative estimate of drug-likeness (QED) is 0.777. The van der Waals surface area contributed by atoms with Crippen LogP contribution < -0.4 is 15.0 Å². The van der Waals surface area contributed by atoms with E-state index >= 15 is 0 Å². The lowest BCUT2D eigenvalue weighted by atomic mass is 10.1. The molecule has 0 bridgehead atoms. The van der Waals surface area contributed by atoms with Crippen molar-refractivity contribution in [3.05, 3.63) is 54.6 Å². The lowest BCUT2D eigenvalue weighted by molar-refractivity contribution is -0.148. The Labute approximate surface area is 163 Å². The van der Waals surface area contributed by atoms with Crippen LogP contribution in [0.1, 0.15) is 19.8 Å². The van der Waals surface area contributed by atoms with Crippen molar-refractivity contribution in [3.8, 4) is 5.75 Å². The molecule has 2 aromatic rings. The Kier molecular flexibility index (Phi) is 6.26. The number of para-hydroxylation sites is 3. The van der Waals surface area contributed by atoms with Crippen molar-refractivity contribution in [1.29, 1.82) is 0 Å². The van der Waals surface area contributed by atoms with Crippen LogP contribution in [0.4, 0.5) is 11.4 Å². The summed E-state index contributed by atoms with van der Waals surface area (Å²) in [7, 11) is 0. The minimum atomic E-state index is -0.519.